The minimum Gasteiger partial charge on any atom is -0.398 e. The number of ether oxygens (including phenoxy) is 1. The standard InChI is InChI=1S/C13H20N2O3S/c1-9-5-6-13(11(14)8-9)19(16,17)15-10(2)12-4-3-7-18-12/h5-6,8,10,12,15H,3-4,7,14H2,1-2H3. The highest BCUT2D eigenvalue weighted by Crippen LogP contribution is 2.21. The third kappa shape index (κ3) is 3.26. The van der Waals surface area contributed by atoms with E-state index >= 15 is 0 Å². The van der Waals surface area contributed by atoms with Gasteiger partial charge in [-0.2, -0.15) is 0 Å². The highest BCUT2D eigenvalue weighted by Gasteiger charge is 2.27. The van der Waals surface area contributed by atoms with Crippen molar-refractivity contribution in [1.82, 2.24) is 4.72 Å². The molecule has 3 N–H and O–H groups in total. The molecule has 0 spiro atoms. The molecule has 0 aliphatic carbocycles. The molecule has 1 fully saturated rings. The Balaban J connectivity index is 2.17. The number of anilines is 1. The molecule has 6 heteroatoms. The number of rotatable bonds is 4. The van der Waals surface area contributed by atoms with Gasteiger partial charge < -0.3 is 10.5 Å². The summed E-state index contributed by atoms with van der Waals surface area (Å²) in [6.07, 6.45) is 1.80. The molecule has 19 heavy (non-hydrogen) atoms. The van der Waals surface area contributed by atoms with E-state index in [2.05, 4.69) is 4.72 Å². The molecule has 2 rings (SSSR count). The Kier molecular flexibility index (Phi) is 4.13. The number of nitrogens with two attached hydrogens (primary N) is 1. The predicted octanol–water partition coefficient (Wildman–Crippen LogP) is 1.42. The van der Waals surface area contributed by atoms with Crippen molar-refractivity contribution in [3.05, 3.63) is 23.8 Å². The number of benzene rings is 1. The van der Waals surface area contributed by atoms with Crippen molar-refractivity contribution >= 4 is 15.7 Å². The lowest BCUT2D eigenvalue weighted by Gasteiger charge is -2.20. The molecule has 1 saturated heterocycles. The lowest BCUT2D eigenvalue weighted by molar-refractivity contribution is 0.0902. The Labute approximate surface area is 114 Å². The maximum Gasteiger partial charge on any atom is 0.242 e. The van der Waals surface area contributed by atoms with Gasteiger partial charge >= 0.3 is 0 Å². The normalized spacial score (nSPS) is 21.5. The van der Waals surface area contributed by atoms with Crippen LogP contribution in [0.1, 0.15) is 25.3 Å². The molecular formula is C13H20N2O3S. The van der Waals surface area contributed by atoms with Crippen LogP contribution in [-0.2, 0) is 14.8 Å². The Bertz CT molecular complexity index is 551. The van der Waals surface area contributed by atoms with Crippen molar-refractivity contribution in [3.8, 4) is 0 Å². The van der Waals surface area contributed by atoms with E-state index in [9.17, 15) is 8.42 Å². The summed E-state index contributed by atoms with van der Waals surface area (Å²) in [5.41, 5.74) is 6.99. The van der Waals surface area contributed by atoms with Crippen LogP contribution in [0, 0.1) is 6.92 Å². The maximum absolute atomic E-state index is 12.3. The van der Waals surface area contributed by atoms with Crippen LogP contribution >= 0.6 is 0 Å². The van der Waals surface area contributed by atoms with E-state index in [1.165, 1.54) is 6.07 Å². The van der Waals surface area contributed by atoms with Crippen molar-refractivity contribution < 1.29 is 13.2 Å². The maximum atomic E-state index is 12.3. The zero-order valence-corrected chi connectivity index (χ0v) is 12.0. The summed E-state index contributed by atoms with van der Waals surface area (Å²) in [5, 5.41) is 0. The largest absolute Gasteiger partial charge is 0.398 e. The Hall–Kier alpha value is -1.11. The highest BCUT2D eigenvalue weighted by atomic mass is 32.2. The van der Waals surface area contributed by atoms with E-state index in [0.29, 0.717) is 6.61 Å². The minimum absolute atomic E-state index is 0.0542. The summed E-state index contributed by atoms with van der Waals surface area (Å²) in [5.74, 6) is 0. The molecular weight excluding hydrogens is 264 g/mol. The molecule has 2 atom stereocenters. The van der Waals surface area contributed by atoms with Gasteiger partial charge in [0.15, 0.2) is 0 Å². The summed E-state index contributed by atoms with van der Waals surface area (Å²) in [6, 6.07) is 4.68. The molecule has 1 heterocycles. The monoisotopic (exact) mass is 284 g/mol. The fourth-order valence-corrected chi connectivity index (χ4v) is 3.68. The summed E-state index contributed by atoms with van der Waals surface area (Å²) in [6.45, 7) is 4.39. The first-order valence-corrected chi connectivity index (χ1v) is 7.88. The van der Waals surface area contributed by atoms with Crippen molar-refractivity contribution in [3.63, 3.8) is 0 Å². The molecule has 0 radical (unpaired) electrons. The molecule has 5 nitrogen and oxygen atoms in total. The zero-order valence-electron chi connectivity index (χ0n) is 11.2. The van der Waals surface area contributed by atoms with Gasteiger partial charge in [-0.3, -0.25) is 0 Å². The van der Waals surface area contributed by atoms with E-state index in [-0.39, 0.29) is 22.7 Å². The van der Waals surface area contributed by atoms with Crippen molar-refractivity contribution in [1.29, 1.82) is 0 Å². The fourth-order valence-electron chi connectivity index (χ4n) is 2.29. The third-order valence-electron chi connectivity index (χ3n) is 3.32. The van der Waals surface area contributed by atoms with Crippen molar-refractivity contribution in [2.24, 2.45) is 0 Å². The number of nitrogens with one attached hydrogen (secondary N) is 1. The van der Waals surface area contributed by atoms with Gasteiger partial charge in [-0.25, -0.2) is 13.1 Å². The van der Waals surface area contributed by atoms with Crippen LogP contribution in [0.5, 0.6) is 0 Å². The van der Waals surface area contributed by atoms with Gasteiger partial charge in [0, 0.05) is 12.6 Å². The summed E-state index contributed by atoms with van der Waals surface area (Å²) >= 11 is 0. The summed E-state index contributed by atoms with van der Waals surface area (Å²) in [4.78, 5) is 0.128. The number of sulfonamides is 1. The molecule has 0 amide bonds. The van der Waals surface area contributed by atoms with Crippen LogP contribution in [0.4, 0.5) is 5.69 Å². The molecule has 1 aromatic rings. The average molecular weight is 284 g/mol. The van der Waals surface area contributed by atoms with Crippen LogP contribution in [0.2, 0.25) is 0 Å². The second-order valence-electron chi connectivity index (χ2n) is 5.00. The quantitative estimate of drug-likeness (QED) is 0.819. The van der Waals surface area contributed by atoms with E-state index in [4.69, 9.17) is 10.5 Å². The van der Waals surface area contributed by atoms with E-state index < -0.39 is 10.0 Å². The second kappa shape index (κ2) is 5.48. The van der Waals surface area contributed by atoms with Crippen molar-refractivity contribution in [2.45, 2.75) is 43.7 Å². The molecule has 106 valence electrons. The lowest BCUT2D eigenvalue weighted by Crippen LogP contribution is -2.40. The fraction of sp³-hybridized carbons (Fsp3) is 0.538. The number of aryl methyl sites for hydroxylation is 1. The van der Waals surface area contributed by atoms with Gasteiger partial charge in [-0.15, -0.1) is 0 Å². The molecule has 1 aliphatic rings. The predicted molar refractivity (Wildman–Crippen MR) is 74.3 cm³/mol. The third-order valence-corrected chi connectivity index (χ3v) is 4.95. The van der Waals surface area contributed by atoms with Gasteiger partial charge in [0.05, 0.1) is 11.8 Å². The molecule has 0 bridgehead atoms. The first-order valence-electron chi connectivity index (χ1n) is 6.40. The van der Waals surface area contributed by atoms with Gasteiger partial charge in [0.2, 0.25) is 10.0 Å². The molecule has 2 unspecified atom stereocenters. The van der Waals surface area contributed by atoms with Gasteiger partial charge in [-0.1, -0.05) is 6.07 Å². The first kappa shape index (κ1) is 14.3. The minimum atomic E-state index is -3.60. The SMILES string of the molecule is Cc1ccc(S(=O)(=O)NC(C)C2CCCO2)c(N)c1. The topological polar surface area (TPSA) is 81.4 Å². The van der Waals surface area contributed by atoms with Crippen LogP contribution in [-0.4, -0.2) is 27.2 Å². The van der Waals surface area contributed by atoms with Gasteiger partial charge in [0.25, 0.3) is 0 Å². The second-order valence-corrected chi connectivity index (χ2v) is 6.69. The van der Waals surface area contributed by atoms with Crippen LogP contribution in [0.3, 0.4) is 0 Å². The van der Waals surface area contributed by atoms with Crippen LogP contribution in [0.15, 0.2) is 23.1 Å². The van der Waals surface area contributed by atoms with E-state index in [1.807, 2.05) is 13.8 Å². The zero-order chi connectivity index (χ0) is 14.0. The Morgan fingerprint density at radius 1 is 1.47 bits per heavy atom. The molecule has 0 saturated carbocycles. The van der Waals surface area contributed by atoms with Crippen LogP contribution < -0.4 is 10.5 Å². The average Bonchev–Trinajstić information content (AvgIpc) is 2.80. The smallest absolute Gasteiger partial charge is 0.242 e. The number of nitrogen functional groups attached to an aromatic ring is 1. The molecule has 1 aliphatic heterocycles. The Morgan fingerprint density at radius 3 is 2.79 bits per heavy atom. The lowest BCUT2D eigenvalue weighted by atomic mass is 10.1. The van der Waals surface area contributed by atoms with Crippen molar-refractivity contribution in [2.75, 3.05) is 12.3 Å². The summed E-state index contributed by atoms with van der Waals surface area (Å²) in [7, 11) is -3.60. The van der Waals surface area contributed by atoms with E-state index in [0.717, 1.165) is 18.4 Å². The molecule has 0 aromatic heterocycles. The molecule has 1 aromatic carbocycles. The van der Waals surface area contributed by atoms with Gasteiger partial charge in [-0.05, 0) is 44.4 Å². The van der Waals surface area contributed by atoms with Gasteiger partial charge in [0.1, 0.15) is 4.90 Å². The Morgan fingerprint density at radius 2 is 2.21 bits per heavy atom. The number of hydrogen-bond donors (Lipinski definition) is 2. The summed E-state index contributed by atoms with van der Waals surface area (Å²) < 4.78 is 32.7. The van der Waals surface area contributed by atoms with E-state index in [1.54, 1.807) is 12.1 Å². The first-order chi connectivity index (χ1) is 8.90. The number of hydrogen-bond acceptors (Lipinski definition) is 4. The highest BCUT2D eigenvalue weighted by molar-refractivity contribution is 7.89. The van der Waals surface area contributed by atoms with Crippen LogP contribution in [0.25, 0.3) is 0 Å².